The fourth-order valence-electron chi connectivity index (χ4n) is 1.83. The van der Waals surface area contributed by atoms with Crippen molar-refractivity contribution in [1.82, 2.24) is 4.90 Å². The maximum Gasteiger partial charge on any atom is 0.0608 e. The summed E-state index contributed by atoms with van der Waals surface area (Å²) in [5.74, 6) is 0.965. The summed E-state index contributed by atoms with van der Waals surface area (Å²) in [7, 11) is 0. The van der Waals surface area contributed by atoms with Crippen molar-refractivity contribution in [2.24, 2.45) is 11.7 Å². The molecule has 1 unspecified atom stereocenters. The molecule has 0 saturated heterocycles. The van der Waals surface area contributed by atoms with Gasteiger partial charge in [-0.1, -0.05) is 6.92 Å². The van der Waals surface area contributed by atoms with Crippen LogP contribution in [0.4, 0.5) is 0 Å². The molecule has 0 aromatic heterocycles. The molecule has 1 aliphatic carbocycles. The van der Waals surface area contributed by atoms with Crippen LogP contribution in [0.15, 0.2) is 0 Å². The second-order valence-corrected chi connectivity index (χ2v) is 5.25. The Morgan fingerprint density at radius 2 is 2.13 bits per heavy atom. The minimum Gasteiger partial charge on any atom is -0.394 e. The molecular weight excluding hydrogens is 188 g/mol. The largest absolute Gasteiger partial charge is 0.394 e. The van der Waals surface area contributed by atoms with Crippen LogP contribution in [0.3, 0.4) is 0 Å². The lowest BCUT2D eigenvalue weighted by Crippen LogP contribution is -2.41. The number of nitrogens with zero attached hydrogens (tertiary/aromatic N) is 1. The Kier molecular flexibility index (Phi) is 5.03. The van der Waals surface area contributed by atoms with Crippen LogP contribution in [-0.2, 0) is 0 Å². The lowest BCUT2D eigenvalue weighted by atomic mass is 9.98. The minimum absolute atomic E-state index is 0.0851. The minimum atomic E-state index is -0.390. The second-order valence-electron chi connectivity index (χ2n) is 5.25. The number of rotatable bonds is 8. The lowest BCUT2D eigenvalue weighted by molar-refractivity contribution is 0.188. The third kappa shape index (κ3) is 5.50. The highest BCUT2D eigenvalue weighted by Gasteiger charge is 2.24. The highest BCUT2D eigenvalue weighted by Crippen LogP contribution is 2.29. The standard InChI is InChI=1S/C12H26N2O/c1-3-14(9-11-5-6-11)8-4-7-12(2,13)10-15/h11,15H,3-10,13H2,1-2H3. The average molecular weight is 214 g/mol. The van der Waals surface area contributed by atoms with Gasteiger partial charge in [0.1, 0.15) is 0 Å². The summed E-state index contributed by atoms with van der Waals surface area (Å²) in [6.07, 6.45) is 4.84. The zero-order valence-corrected chi connectivity index (χ0v) is 10.2. The summed E-state index contributed by atoms with van der Waals surface area (Å²) in [5.41, 5.74) is 5.50. The molecule has 0 radical (unpaired) electrons. The summed E-state index contributed by atoms with van der Waals surface area (Å²) in [4.78, 5) is 2.51. The van der Waals surface area contributed by atoms with E-state index in [0.717, 1.165) is 31.8 Å². The molecule has 0 heterocycles. The van der Waals surface area contributed by atoms with E-state index in [-0.39, 0.29) is 12.1 Å². The van der Waals surface area contributed by atoms with Gasteiger partial charge in [0.15, 0.2) is 0 Å². The van der Waals surface area contributed by atoms with Crippen LogP contribution in [0, 0.1) is 5.92 Å². The second kappa shape index (κ2) is 5.83. The van der Waals surface area contributed by atoms with E-state index < -0.39 is 0 Å². The number of aliphatic hydroxyl groups is 1. The van der Waals surface area contributed by atoms with Gasteiger partial charge in [0, 0.05) is 12.1 Å². The molecule has 0 aromatic carbocycles. The molecule has 0 aromatic rings. The molecule has 1 fully saturated rings. The van der Waals surface area contributed by atoms with Gasteiger partial charge in [-0.05, 0) is 51.6 Å². The highest BCUT2D eigenvalue weighted by atomic mass is 16.3. The van der Waals surface area contributed by atoms with Crippen molar-refractivity contribution in [3.05, 3.63) is 0 Å². The van der Waals surface area contributed by atoms with E-state index in [2.05, 4.69) is 11.8 Å². The Hall–Kier alpha value is -0.120. The first-order valence-electron chi connectivity index (χ1n) is 6.19. The highest BCUT2D eigenvalue weighted by molar-refractivity contribution is 4.79. The first kappa shape index (κ1) is 12.9. The zero-order valence-electron chi connectivity index (χ0n) is 10.2. The molecule has 3 heteroatoms. The van der Waals surface area contributed by atoms with Crippen molar-refractivity contribution in [2.75, 3.05) is 26.2 Å². The number of nitrogens with two attached hydrogens (primary N) is 1. The van der Waals surface area contributed by atoms with Crippen molar-refractivity contribution in [1.29, 1.82) is 0 Å². The van der Waals surface area contributed by atoms with E-state index in [0.29, 0.717) is 0 Å². The fourth-order valence-corrected chi connectivity index (χ4v) is 1.83. The molecule has 1 atom stereocenters. The molecule has 1 rings (SSSR count). The Labute approximate surface area is 93.6 Å². The van der Waals surface area contributed by atoms with Gasteiger partial charge in [0.25, 0.3) is 0 Å². The van der Waals surface area contributed by atoms with E-state index in [4.69, 9.17) is 10.8 Å². The number of hydrogen-bond acceptors (Lipinski definition) is 3. The maximum atomic E-state index is 9.03. The van der Waals surface area contributed by atoms with Crippen molar-refractivity contribution < 1.29 is 5.11 Å². The van der Waals surface area contributed by atoms with E-state index in [1.165, 1.54) is 19.4 Å². The maximum absolute atomic E-state index is 9.03. The quantitative estimate of drug-likeness (QED) is 0.638. The van der Waals surface area contributed by atoms with E-state index in [1.54, 1.807) is 0 Å². The summed E-state index contributed by atoms with van der Waals surface area (Å²) in [6.45, 7) is 7.75. The Bertz CT molecular complexity index is 178. The van der Waals surface area contributed by atoms with Crippen LogP contribution in [0.5, 0.6) is 0 Å². The molecule has 0 amide bonds. The molecule has 3 nitrogen and oxygen atoms in total. The smallest absolute Gasteiger partial charge is 0.0608 e. The predicted molar refractivity (Wildman–Crippen MR) is 63.8 cm³/mol. The van der Waals surface area contributed by atoms with Crippen LogP contribution in [0.2, 0.25) is 0 Å². The number of hydrogen-bond donors (Lipinski definition) is 2. The first-order chi connectivity index (χ1) is 7.07. The summed E-state index contributed by atoms with van der Waals surface area (Å²) < 4.78 is 0. The normalized spacial score (nSPS) is 20.6. The van der Waals surface area contributed by atoms with Crippen LogP contribution in [0.25, 0.3) is 0 Å². The first-order valence-corrected chi connectivity index (χ1v) is 6.19. The third-order valence-electron chi connectivity index (χ3n) is 3.24. The Morgan fingerprint density at radius 3 is 2.60 bits per heavy atom. The monoisotopic (exact) mass is 214 g/mol. The van der Waals surface area contributed by atoms with Crippen LogP contribution in [0.1, 0.15) is 39.5 Å². The SMILES string of the molecule is CCN(CCCC(C)(N)CO)CC1CC1. The van der Waals surface area contributed by atoms with Crippen molar-refractivity contribution >= 4 is 0 Å². The van der Waals surface area contributed by atoms with Gasteiger partial charge in [-0.2, -0.15) is 0 Å². The third-order valence-corrected chi connectivity index (χ3v) is 3.24. The van der Waals surface area contributed by atoms with E-state index in [9.17, 15) is 0 Å². The van der Waals surface area contributed by atoms with Crippen LogP contribution in [-0.4, -0.2) is 41.8 Å². The molecule has 1 aliphatic rings. The molecule has 3 N–H and O–H groups in total. The molecule has 1 saturated carbocycles. The van der Waals surface area contributed by atoms with Gasteiger partial charge in [0.2, 0.25) is 0 Å². The van der Waals surface area contributed by atoms with Gasteiger partial charge in [-0.15, -0.1) is 0 Å². The fraction of sp³-hybridized carbons (Fsp3) is 1.00. The molecule has 15 heavy (non-hydrogen) atoms. The summed E-state index contributed by atoms with van der Waals surface area (Å²) in [6, 6.07) is 0. The topological polar surface area (TPSA) is 49.5 Å². The van der Waals surface area contributed by atoms with Gasteiger partial charge < -0.3 is 15.7 Å². The number of aliphatic hydroxyl groups excluding tert-OH is 1. The van der Waals surface area contributed by atoms with Crippen LogP contribution < -0.4 is 5.73 Å². The van der Waals surface area contributed by atoms with Gasteiger partial charge in [-0.3, -0.25) is 0 Å². The van der Waals surface area contributed by atoms with Crippen molar-refractivity contribution in [3.8, 4) is 0 Å². The van der Waals surface area contributed by atoms with Crippen molar-refractivity contribution in [3.63, 3.8) is 0 Å². The van der Waals surface area contributed by atoms with E-state index >= 15 is 0 Å². The molecule has 0 bridgehead atoms. The summed E-state index contributed by atoms with van der Waals surface area (Å²) >= 11 is 0. The predicted octanol–water partition coefficient (Wildman–Crippen LogP) is 1.21. The molecule has 0 aliphatic heterocycles. The van der Waals surface area contributed by atoms with Gasteiger partial charge >= 0.3 is 0 Å². The Morgan fingerprint density at radius 1 is 1.47 bits per heavy atom. The molecular formula is C12H26N2O. The Balaban J connectivity index is 2.10. The lowest BCUT2D eigenvalue weighted by Gasteiger charge is -2.25. The van der Waals surface area contributed by atoms with Crippen molar-refractivity contribution in [2.45, 2.75) is 45.1 Å². The van der Waals surface area contributed by atoms with E-state index in [1.807, 2.05) is 6.92 Å². The average Bonchev–Trinajstić information content (AvgIpc) is 3.00. The van der Waals surface area contributed by atoms with Crippen LogP contribution >= 0.6 is 0 Å². The van der Waals surface area contributed by atoms with Gasteiger partial charge in [-0.25, -0.2) is 0 Å². The molecule has 90 valence electrons. The summed E-state index contributed by atoms with van der Waals surface area (Å²) in [5, 5.41) is 9.03. The van der Waals surface area contributed by atoms with Gasteiger partial charge in [0.05, 0.1) is 6.61 Å². The zero-order chi connectivity index (χ0) is 11.3. The molecule has 0 spiro atoms.